The summed E-state index contributed by atoms with van der Waals surface area (Å²) in [6.45, 7) is 4.83. The average Bonchev–Trinajstić information content (AvgIpc) is 2.55. The lowest BCUT2D eigenvalue weighted by molar-refractivity contribution is -0.149. The second-order valence-electron chi connectivity index (χ2n) is 5.49. The van der Waals surface area contributed by atoms with E-state index in [-0.39, 0.29) is 5.78 Å². The monoisotopic (exact) mass is 305 g/mol. The van der Waals surface area contributed by atoms with Crippen LogP contribution in [0.25, 0.3) is 0 Å². The zero-order chi connectivity index (χ0) is 16.4. The molecule has 1 unspecified atom stereocenters. The number of unbranched alkanes of at least 4 members (excludes halogenated alkanes) is 1. The Morgan fingerprint density at radius 3 is 2.45 bits per heavy atom. The molecule has 4 heteroatoms. The van der Waals surface area contributed by atoms with Crippen molar-refractivity contribution in [1.29, 1.82) is 0 Å². The van der Waals surface area contributed by atoms with E-state index in [1.54, 1.807) is 0 Å². The number of nitrogens with one attached hydrogen (secondary N) is 1. The molecule has 4 nitrogen and oxygen atoms in total. The molecule has 122 valence electrons. The topological polar surface area (TPSA) is 55.4 Å². The molecule has 0 bridgehead atoms. The molecule has 0 aliphatic heterocycles. The summed E-state index contributed by atoms with van der Waals surface area (Å²) in [4.78, 5) is 23.4. The minimum absolute atomic E-state index is 0.00884. The number of esters is 1. The van der Waals surface area contributed by atoms with Gasteiger partial charge in [-0.2, -0.15) is 0 Å². The van der Waals surface area contributed by atoms with Crippen LogP contribution in [0.4, 0.5) is 0 Å². The Morgan fingerprint density at radius 2 is 1.86 bits per heavy atom. The van der Waals surface area contributed by atoms with Crippen LogP contribution in [0.3, 0.4) is 0 Å². The van der Waals surface area contributed by atoms with Crippen LogP contribution in [0.5, 0.6) is 0 Å². The van der Waals surface area contributed by atoms with Gasteiger partial charge in [0, 0.05) is 12.5 Å². The van der Waals surface area contributed by atoms with Gasteiger partial charge in [-0.25, -0.2) is 0 Å². The van der Waals surface area contributed by atoms with Crippen LogP contribution in [0.15, 0.2) is 30.3 Å². The molecule has 1 N–H and O–H groups in total. The lowest BCUT2D eigenvalue weighted by Gasteiger charge is -2.14. The Labute approximate surface area is 133 Å². The lowest BCUT2D eigenvalue weighted by Crippen LogP contribution is -2.25. The average molecular weight is 305 g/mol. The first kappa shape index (κ1) is 18.4. The van der Waals surface area contributed by atoms with Crippen LogP contribution in [-0.4, -0.2) is 25.4 Å². The second kappa shape index (κ2) is 10.1. The van der Waals surface area contributed by atoms with Gasteiger partial charge in [0.05, 0.1) is 7.11 Å². The number of methoxy groups -OCH3 is 1. The molecular formula is C18H27NO3. The third kappa shape index (κ3) is 5.98. The fourth-order valence-electron chi connectivity index (χ4n) is 2.44. The highest BCUT2D eigenvalue weighted by atomic mass is 16.5. The Bertz CT molecular complexity index is 459. The minimum Gasteiger partial charge on any atom is -0.468 e. The molecule has 0 aromatic heterocycles. The minimum atomic E-state index is -0.596. The number of carbonyl (C=O) groups excluding carboxylic acids is 2. The molecule has 1 aromatic rings. The van der Waals surface area contributed by atoms with Gasteiger partial charge in [-0.3, -0.25) is 9.59 Å². The van der Waals surface area contributed by atoms with Crippen molar-refractivity contribution in [2.75, 3.05) is 13.7 Å². The van der Waals surface area contributed by atoms with Gasteiger partial charge in [0.15, 0.2) is 0 Å². The van der Waals surface area contributed by atoms with E-state index in [1.165, 1.54) is 12.7 Å². The highest BCUT2D eigenvalue weighted by molar-refractivity contribution is 5.98. The summed E-state index contributed by atoms with van der Waals surface area (Å²) in [6, 6.07) is 10.6. The summed E-state index contributed by atoms with van der Waals surface area (Å²) >= 11 is 0. The molecule has 0 heterocycles. The molecule has 22 heavy (non-hydrogen) atoms. The van der Waals surface area contributed by atoms with Crippen molar-refractivity contribution in [3.8, 4) is 0 Å². The van der Waals surface area contributed by atoms with Crippen molar-refractivity contribution in [3.63, 3.8) is 0 Å². The summed E-state index contributed by atoms with van der Waals surface area (Å²) in [6.07, 6.45) is 2.66. The standard InChI is InChI=1S/C18H27NO3/c1-4-16(18(21)22-3)17(20)12-8-9-13-19-14(2)15-10-6-5-7-11-15/h5-7,10-11,14,16,19H,4,8-9,12-13H2,1-3H3/t14-,16?/m0/s1. The van der Waals surface area contributed by atoms with E-state index < -0.39 is 11.9 Å². The maximum absolute atomic E-state index is 12.0. The van der Waals surface area contributed by atoms with Crippen LogP contribution < -0.4 is 5.32 Å². The Morgan fingerprint density at radius 1 is 1.18 bits per heavy atom. The number of benzene rings is 1. The highest BCUT2D eigenvalue weighted by Gasteiger charge is 2.24. The number of rotatable bonds is 10. The molecule has 0 spiro atoms. The molecule has 0 aliphatic rings. The maximum Gasteiger partial charge on any atom is 0.316 e. The summed E-state index contributed by atoms with van der Waals surface area (Å²) < 4.78 is 4.66. The van der Waals surface area contributed by atoms with Crippen molar-refractivity contribution in [1.82, 2.24) is 5.32 Å². The summed E-state index contributed by atoms with van der Waals surface area (Å²) in [5, 5.41) is 3.45. The van der Waals surface area contributed by atoms with Gasteiger partial charge >= 0.3 is 5.97 Å². The van der Waals surface area contributed by atoms with E-state index in [0.717, 1.165) is 19.4 Å². The zero-order valence-electron chi connectivity index (χ0n) is 13.8. The van der Waals surface area contributed by atoms with Crippen LogP contribution in [0, 0.1) is 5.92 Å². The van der Waals surface area contributed by atoms with E-state index in [2.05, 4.69) is 29.1 Å². The van der Waals surface area contributed by atoms with Crippen molar-refractivity contribution in [2.24, 2.45) is 5.92 Å². The second-order valence-corrected chi connectivity index (χ2v) is 5.49. The fourth-order valence-corrected chi connectivity index (χ4v) is 2.44. The Kier molecular flexibility index (Phi) is 8.44. The van der Waals surface area contributed by atoms with Crippen LogP contribution >= 0.6 is 0 Å². The number of ketones is 1. The third-order valence-corrected chi connectivity index (χ3v) is 3.88. The molecule has 0 fully saturated rings. The first-order valence-electron chi connectivity index (χ1n) is 7.99. The maximum atomic E-state index is 12.0. The molecule has 0 amide bonds. The van der Waals surface area contributed by atoms with Crippen molar-refractivity contribution >= 4 is 11.8 Å². The van der Waals surface area contributed by atoms with Crippen molar-refractivity contribution in [2.45, 2.75) is 45.6 Å². The van der Waals surface area contributed by atoms with E-state index in [0.29, 0.717) is 18.9 Å². The van der Waals surface area contributed by atoms with E-state index >= 15 is 0 Å². The predicted octanol–water partition coefficient (Wildman–Crippen LogP) is 3.28. The smallest absolute Gasteiger partial charge is 0.316 e. The molecule has 2 atom stereocenters. The Hall–Kier alpha value is -1.68. The number of carbonyl (C=O) groups is 2. The number of Topliss-reactive ketones (excluding diaryl/α,β-unsaturated/α-hetero) is 1. The van der Waals surface area contributed by atoms with Gasteiger partial charge in [-0.05, 0) is 38.3 Å². The van der Waals surface area contributed by atoms with Gasteiger partial charge in [-0.1, -0.05) is 37.3 Å². The van der Waals surface area contributed by atoms with E-state index in [1.807, 2.05) is 25.1 Å². The van der Waals surface area contributed by atoms with Gasteiger partial charge in [-0.15, -0.1) is 0 Å². The van der Waals surface area contributed by atoms with Gasteiger partial charge < -0.3 is 10.1 Å². The number of hydrogen-bond donors (Lipinski definition) is 1. The summed E-state index contributed by atoms with van der Waals surface area (Å²) in [5.74, 6) is -1.02. The lowest BCUT2D eigenvalue weighted by atomic mass is 9.97. The molecular weight excluding hydrogens is 278 g/mol. The quantitative estimate of drug-likeness (QED) is 0.409. The summed E-state index contributed by atoms with van der Waals surface area (Å²) in [7, 11) is 1.33. The van der Waals surface area contributed by atoms with Crippen molar-refractivity contribution in [3.05, 3.63) is 35.9 Å². The molecule has 0 radical (unpaired) electrons. The fraction of sp³-hybridized carbons (Fsp3) is 0.556. The summed E-state index contributed by atoms with van der Waals surface area (Å²) in [5.41, 5.74) is 1.26. The molecule has 0 saturated carbocycles. The van der Waals surface area contributed by atoms with Gasteiger partial charge in [0.25, 0.3) is 0 Å². The van der Waals surface area contributed by atoms with E-state index in [9.17, 15) is 9.59 Å². The largest absolute Gasteiger partial charge is 0.468 e. The van der Waals surface area contributed by atoms with Gasteiger partial charge in [0.1, 0.15) is 11.7 Å². The number of hydrogen-bond acceptors (Lipinski definition) is 4. The first-order chi connectivity index (χ1) is 10.6. The zero-order valence-corrected chi connectivity index (χ0v) is 13.8. The van der Waals surface area contributed by atoms with E-state index in [4.69, 9.17) is 0 Å². The number of ether oxygens (including phenoxy) is 1. The SMILES string of the molecule is CCC(C(=O)CCCCN[C@@H](C)c1ccccc1)C(=O)OC. The van der Waals surface area contributed by atoms with Crippen LogP contribution in [-0.2, 0) is 14.3 Å². The van der Waals surface area contributed by atoms with Crippen LogP contribution in [0.2, 0.25) is 0 Å². The van der Waals surface area contributed by atoms with Crippen molar-refractivity contribution < 1.29 is 14.3 Å². The highest BCUT2D eigenvalue weighted by Crippen LogP contribution is 2.13. The molecule has 0 saturated heterocycles. The third-order valence-electron chi connectivity index (χ3n) is 3.88. The Balaban J connectivity index is 2.22. The van der Waals surface area contributed by atoms with Crippen LogP contribution in [0.1, 0.15) is 51.1 Å². The predicted molar refractivity (Wildman–Crippen MR) is 87.5 cm³/mol. The normalized spacial score (nSPS) is 13.4. The molecule has 0 aliphatic carbocycles. The molecule has 1 rings (SSSR count). The molecule has 1 aromatic carbocycles. The van der Waals surface area contributed by atoms with Gasteiger partial charge in [0.2, 0.25) is 0 Å². The first-order valence-corrected chi connectivity index (χ1v) is 7.99.